The Morgan fingerprint density at radius 3 is 2.79 bits per heavy atom. The van der Waals surface area contributed by atoms with Crippen LogP contribution >= 0.6 is 0 Å². The van der Waals surface area contributed by atoms with Crippen molar-refractivity contribution in [3.63, 3.8) is 0 Å². The Balaban J connectivity index is 1.75. The molecular formula is C19H18N2O3. The lowest BCUT2D eigenvalue weighted by molar-refractivity contribution is 0.0762. The fraction of sp³-hybridized carbons (Fsp3) is 0.263. The molecule has 1 fully saturated rings. The lowest BCUT2D eigenvalue weighted by Gasteiger charge is -2.12. The van der Waals surface area contributed by atoms with Gasteiger partial charge in [0.2, 0.25) is 0 Å². The number of rotatable bonds is 3. The predicted molar refractivity (Wildman–Crippen MR) is 91.1 cm³/mol. The molecule has 3 aromatic rings. The van der Waals surface area contributed by atoms with Crippen LogP contribution in [0.15, 0.2) is 47.0 Å². The van der Waals surface area contributed by atoms with Gasteiger partial charge >= 0.3 is 0 Å². The number of nitrogens with zero attached hydrogens (tertiary/aromatic N) is 2. The Morgan fingerprint density at radius 2 is 2.00 bits per heavy atom. The molecule has 24 heavy (non-hydrogen) atoms. The highest BCUT2D eigenvalue weighted by Crippen LogP contribution is 2.34. The van der Waals surface area contributed by atoms with Gasteiger partial charge in [0.1, 0.15) is 17.0 Å². The molecule has 2 aromatic heterocycles. The zero-order valence-electron chi connectivity index (χ0n) is 13.5. The first-order chi connectivity index (χ1) is 11.8. The number of fused-ring (bicyclic) bond motifs is 1. The number of hydrogen-bond acceptors (Lipinski definition) is 4. The van der Waals surface area contributed by atoms with E-state index in [1.54, 1.807) is 19.4 Å². The van der Waals surface area contributed by atoms with Crippen molar-refractivity contribution in [1.82, 2.24) is 9.88 Å². The van der Waals surface area contributed by atoms with E-state index in [0.717, 1.165) is 42.4 Å². The van der Waals surface area contributed by atoms with Crippen molar-refractivity contribution in [2.45, 2.75) is 12.8 Å². The fourth-order valence-corrected chi connectivity index (χ4v) is 3.20. The fourth-order valence-electron chi connectivity index (χ4n) is 3.20. The van der Waals surface area contributed by atoms with Gasteiger partial charge in [0.15, 0.2) is 5.76 Å². The topological polar surface area (TPSA) is 55.6 Å². The zero-order valence-corrected chi connectivity index (χ0v) is 13.5. The summed E-state index contributed by atoms with van der Waals surface area (Å²) in [5, 5.41) is 0.936. The summed E-state index contributed by atoms with van der Waals surface area (Å²) in [6.45, 7) is 1.62. The second-order valence-corrected chi connectivity index (χ2v) is 5.88. The summed E-state index contributed by atoms with van der Waals surface area (Å²) in [6.07, 6.45) is 3.86. The number of carbonyl (C=O) groups is 1. The van der Waals surface area contributed by atoms with Crippen LogP contribution in [-0.2, 0) is 0 Å². The summed E-state index contributed by atoms with van der Waals surface area (Å²) in [4.78, 5) is 18.7. The Hall–Kier alpha value is -2.82. The molecule has 0 aliphatic carbocycles. The van der Waals surface area contributed by atoms with E-state index in [1.165, 1.54) is 0 Å². The molecule has 122 valence electrons. The molecular weight excluding hydrogens is 304 g/mol. The van der Waals surface area contributed by atoms with Crippen LogP contribution in [0.2, 0.25) is 0 Å². The van der Waals surface area contributed by atoms with Gasteiger partial charge in [0, 0.05) is 30.2 Å². The lowest BCUT2D eigenvalue weighted by Crippen LogP contribution is -2.27. The highest BCUT2D eigenvalue weighted by atomic mass is 16.5. The average Bonchev–Trinajstić information content (AvgIpc) is 3.32. The van der Waals surface area contributed by atoms with E-state index in [0.29, 0.717) is 17.3 Å². The molecule has 1 aliphatic rings. The van der Waals surface area contributed by atoms with Gasteiger partial charge in [0.05, 0.1) is 7.11 Å². The Morgan fingerprint density at radius 1 is 1.17 bits per heavy atom. The third-order valence-corrected chi connectivity index (χ3v) is 4.43. The van der Waals surface area contributed by atoms with Gasteiger partial charge in [-0.25, -0.2) is 0 Å². The Kier molecular flexibility index (Phi) is 3.69. The van der Waals surface area contributed by atoms with E-state index < -0.39 is 0 Å². The van der Waals surface area contributed by atoms with Gasteiger partial charge in [-0.05, 0) is 43.2 Å². The molecule has 0 N–H and O–H groups in total. The minimum Gasteiger partial charge on any atom is -0.494 e. The summed E-state index contributed by atoms with van der Waals surface area (Å²) in [7, 11) is 1.63. The highest BCUT2D eigenvalue weighted by molar-refractivity contribution is 5.98. The second-order valence-electron chi connectivity index (χ2n) is 5.88. The van der Waals surface area contributed by atoms with Crippen LogP contribution in [0.25, 0.3) is 22.2 Å². The summed E-state index contributed by atoms with van der Waals surface area (Å²) in [5.41, 5.74) is 1.68. The highest BCUT2D eigenvalue weighted by Gasteiger charge is 2.23. The number of carbonyl (C=O) groups excluding carboxylic acids is 1. The van der Waals surface area contributed by atoms with E-state index in [2.05, 4.69) is 4.98 Å². The molecule has 4 rings (SSSR count). The van der Waals surface area contributed by atoms with E-state index in [4.69, 9.17) is 9.15 Å². The summed E-state index contributed by atoms with van der Waals surface area (Å²) >= 11 is 0. The normalized spacial score (nSPS) is 14.3. The van der Waals surface area contributed by atoms with Crippen LogP contribution in [0.4, 0.5) is 0 Å². The molecule has 0 unspecified atom stereocenters. The van der Waals surface area contributed by atoms with Gasteiger partial charge in [0.25, 0.3) is 5.91 Å². The predicted octanol–water partition coefficient (Wildman–Crippen LogP) is 3.74. The molecule has 0 radical (unpaired) electrons. The van der Waals surface area contributed by atoms with Crippen molar-refractivity contribution < 1.29 is 13.9 Å². The van der Waals surface area contributed by atoms with E-state index in [-0.39, 0.29) is 5.91 Å². The van der Waals surface area contributed by atoms with Crippen molar-refractivity contribution >= 4 is 16.8 Å². The van der Waals surface area contributed by atoms with E-state index in [1.807, 2.05) is 35.2 Å². The number of aromatic nitrogens is 1. The van der Waals surface area contributed by atoms with Crippen molar-refractivity contribution in [2.75, 3.05) is 20.2 Å². The van der Waals surface area contributed by atoms with Gasteiger partial charge < -0.3 is 14.1 Å². The maximum atomic E-state index is 12.5. The second kappa shape index (κ2) is 6.00. The third kappa shape index (κ3) is 2.42. The van der Waals surface area contributed by atoms with Gasteiger partial charge in [-0.15, -0.1) is 0 Å². The van der Waals surface area contributed by atoms with Crippen molar-refractivity contribution in [2.24, 2.45) is 0 Å². The molecule has 0 bridgehead atoms. The smallest absolute Gasteiger partial charge is 0.289 e. The number of amides is 1. The number of ether oxygens (including phenoxy) is 1. The standard InChI is InChI=1S/C19H18N2O3/c1-23-16-7-6-13(14-5-4-10-20-18(14)16)15-8-9-17(24-15)19(22)21-11-2-3-12-21/h4-10H,2-3,11-12H2,1H3. The summed E-state index contributed by atoms with van der Waals surface area (Å²) in [6, 6.07) is 11.3. The monoisotopic (exact) mass is 322 g/mol. The first kappa shape index (κ1) is 14.8. The van der Waals surface area contributed by atoms with Crippen LogP contribution in [0.5, 0.6) is 5.75 Å². The van der Waals surface area contributed by atoms with Crippen LogP contribution < -0.4 is 4.74 Å². The zero-order chi connectivity index (χ0) is 16.5. The molecule has 0 saturated carbocycles. The third-order valence-electron chi connectivity index (χ3n) is 4.43. The van der Waals surface area contributed by atoms with Crippen LogP contribution in [0, 0.1) is 0 Å². The number of likely N-dealkylation sites (tertiary alicyclic amines) is 1. The molecule has 0 atom stereocenters. The lowest BCUT2D eigenvalue weighted by atomic mass is 10.1. The molecule has 1 saturated heterocycles. The first-order valence-corrected chi connectivity index (χ1v) is 8.09. The largest absolute Gasteiger partial charge is 0.494 e. The van der Waals surface area contributed by atoms with E-state index in [9.17, 15) is 4.79 Å². The minimum absolute atomic E-state index is 0.0327. The molecule has 3 heterocycles. The summed E-state index contributed by atoms with van der Waals surface area (Å²) < 4.78 is 11.2. The van der Waals surface area contributed by atoms with Crippen molar-refractivity contribution in [3.05, 3.63) is 48.4 Å². The number of methoxy groups -OCH3 is 1. The van der Waals surface area contributed by atoms with E-state index >= 15 is 0 Å². The van der Waals surface area contributed by atoms with Crippen LogP contribution in [0.3, 0.4) is 0 Å². The molecule has 5 heteroatoms. The Labute approximate surface area is 139 Å². The molecule has 1 aliphatic heterocycles. The SMILES string of the molecule is COc1ccc(-c2ccc(C(=O)N3CCCC3)o2)c2cccnc12. The maximum Gasteiger partial charge on any atom is 0.289 e. The number of hydrogen-bond donors (Lipinski definition) is 0. The summed E-state index contributed by atoms with van der Waals surface area (Å²) in [5.74, 6) is 1.74. The average molecular weight is 322 g/mol. The van der Waals surface area contributed by atoms with Crippen molar-refractivity contribution in [1.29, 1.82) is 0 Å². The first-order valence-electron chi connectivity index (χ1n) is 8.09. The quantitative estimate of drug-likeness (QED) is 0.737. The van der Waals surface area contributed by atoms with Gasteiger partial charge in [-0.1, -0.05) is 6.07 Å². The maximum absolute atomic E-state index is 12.5. The molecule has 5 nitrogen and oxygen atoms in total. The minimum atomic E-state index is -0.0327. The Bertz CT molecular complexity index is 895. The number of furan rings is 1. The molecule has 1 aromatic carbocycles. The molecule has 0 spiro atoms. The van der Waals surface area contributed by atoms with Gasteiger partial charge in [-0.2, -0.15) is 0 Å². The molecule has 1 amide bonds. The van der Waals surface area contributed by atoms with Crippen LogP contribution in [0.1, 0.15) is 23.4 Å². The van der Waals surface area contributed by atoms with Gasteiger partial charge in [-0.3, -0.25) is 9.78 Å². The number of pyridine rings is 1. The van der Waals surface area contributed by atoms with Crippen LogP contribution in [-0.4, -0.2) is 36.0 Å². The van der Waals surface area contributed by atoms with Crippen molar-refractivity contribution in [3.8, 4) is 17.1 Å². The number of benzene rings is 1.